The Hall–Kier alpha value is -4.90. The summed E-state index contributed by atoms with van der Waals surface area (Å²) in [5.41, 5.74) is 1.00. The van der Waals surface area contributed by atoms with Gasteiger partial charge in [-0.25, -0.2) is 12.8 Å². The third-order valence-corrected chi connectivity index (χ3v) is 9.16. The van der Waals surface area contributed by atoms with Gasteiger partial charge in [0, 0.05) is 31.1 Å². The molecular formula is C35H38FN3O6S. The molecule has 0 aliphatic rings. The molecule has 1 atom stereocenters. The zero-order valence-corrected chi connectivity index (χ0v) is 26.9. The SMILES string of the molecule is CCCNC(=O)[C@@H](Cc1ccccc1)N(Cc1ccccc1F)C(=O)CN(c1cc(OC)ccc1OC)S(=O)(=O)c1ccccc1. The van der Waals surface area contributed by atoms with Gasteiger partial charge in [-0.2, -0.15) is 0 Å². The number of nitrogens with zero attached hydrogens (tertiary/aromatic N) is 2. The molecule has 0 aliphatic heterocycles. The van der Waals surface area contributed by atoms with E-state index in [9.17, 15) is 18.0 Å². The number of ether oxygens (including phenoxy) is 2. The Morgan fingerprint density at radius 1 is 0.870 bits per heavy atom. The molecule has 0 bridgehead atoms. The third kappa shape index (κ3) is 8.22. The lowest BCUT2D eigenvalue weighted by molar-refractivity contribution is -0.140. The maximum atomic E-state index is 15.1. The van der Waals surface area contributed by atoms with E-state index in [-0.39, 0.29) is 34.9 Å². The van der Waals surface area contributed by atoms with Crippen LogP contribution in [0.15, 0.2) is 108 Å². The smallest absolute Gasteiger partial charge is 0.264 e. The van der Waals surface area contributed by atoms with Gasteiger partial charge in [-0.15, -0.1) is 0 Å². The number of rotatable bonds is 15. The van der Waals surface area contributed by atoms with Crippen LogP contribution in [-0.2, 0) is 32.6 Å². The summed E-state index contributed by atoms with van der Waals surface area (Å²) >= 11 is 0. The molecule has 242 valence electrons. The van der Waals surface area contributed by atoms with E-state index in [1.807, 2.05) is 37.3 Å². The average Bonchev–Trinajstić information content (AvgIpc) is 3.08. The second-order valence-corrected chi connectivity index (χ2v) is 12.3. The Morgan fingerprint density at radius 2 is 1.52 bits per heavy atom. The van der Waals surface area contributed by atoms with Gasteiger partial charge >= 0.3 is 0 Å². The maximum Gasteiger partial charge on any atom is 0.264 e. The quantitative estimate of drug-likeness (QED) is 0.190. The van der Waals surface area contributed by atoms with Crippen LogP contribution in [0.4, 0.5) is 10.1 Å². The molecule has 46 heavy (non-hydrogen) atoms. The standard InChI is InChI=1S/C35H38FN3O6S/c1-4-21-37-35(41)32(22-26-13-7-5-8-14-26)38(24-27-15-11-12-18-30(27)36)34(40)25-39(46(42,43)29-16-9-6-10-17-29)31-23-28(44-2)19-20-33(31)45-3/h5-20,23,32H,4,21-22,24-25H2,1-3H3,(H,37,41)/t32-/m1/s1. The summed E-state index contributed by atoms with van der Waals surface area (Å²) in [6.45, 7) is 1.27. The van der Waals surface area contributed by atoms with Crippen molar-refractivity contribution in [3.05, 3.63) is 120 Å². The van der Waals surface area contributed by atoms with Crippen molar-refractivity contribution >= 4 is 27.5 Å². The van der Waals surface area contributed by atoms with Gasteiger partial charge in [-0.3, -0.25) is 13.9 Å². The van der Waals surface area contributed by atoms with E-state index < -0.39 is 40.2 Å². The summed E-state index contributed by atoms with van der Waals surface area (Å²) in [6, 6.07) is 26.3. The number of hydrogen-bond acceptors (Lipinski definition) is 6. The van der Waals surface area contributed by atoms with Crippen LogP contribution in [0.3, 0.4) is 0 Å². The molecule has 0 radical (unpaired) electrons. The normalized spacial score (nSPS) is 11.7. The summed E-state index contributed by atoms with van der Waals surface area (Å²) < 4.78 is 55.3. The van der Waals surface area contributed by atoms with E-state index in [2.05, 4.69) is 5.32 Å². The van der Waals surface area contributed by atoms with Gasteiger partial charge in [-0.1, -0.05) is 73.7 Å². The minimum Gasteiger partial charge on any atom is -0.497 e. The van der Waals surface area contributed by atoms with Crippen molar-refractivity contribution in [1.82, 2.24) is 10.2 Å². The van der Waals surface area contributed by atoms with Crippen LogP contribution >= 0.6 is 0 Å². The Bertz CT molecular complexity index is 1720. The lowest BCUT2D eigenvalue weighted by Gasteiger charge is -2.34. The highest BCUT2D eigenvalue weighted by atomic mass is 32.2. The molecule has 0 saturated heterocycles. The van der Waals surface area contributed by atoms with Gasteiger partial charge in [0.05, 0.1) is 24.8 Å². The molecule has 9 nitrogen and oxygen atoms in total. The second kappa shape index (κ2) is 15.9. The lowest BCUT2D eigenvalue weighted by Crippen LogP contribution is -2.53. The van der Waals surface area contributed by atoms with E-state index in [1.54, 1.807) is 36.4 Å². The fraction of sp³-hybridized carbons (Fsp3) is 0.257. The molecule has 0 aromatic heterocycles. The zero-order valence-electron chi connectivity index (χ0n) is 26.1. The maximum absolute atomic E-state index is 15.1. The topological polar surface area (TPSA) is 105 Å². The van der Waals surface area contributed by atoms with Gasteiger partial charge in [-0.05, 0) is 42.3 Å². The second-order valence-electron chi connectivity index (χ2n) is 10.5. The molecule has 2 amide bonds. The highest BCUT2D eigenvalue weighted by Gasteiger charge is 2.36. The van der Waals surface area contributed by atoms with E-state index in [0.29, 0.717) is 18.7 Å². The summed E-state index contributed by atoms with van der Waals surface area (Å²) in [7, 11) is -1.54. The first-order valence-corrected chi connectivity index (χ1v) is 16.3. The zero-order chi connectivity index (χ0) is 33.1. The van der Waals surface area contributed by atoms with Gasteiger partial charge in [0.25, 0.3) is 10.0 Å². The molecule has 1 N–H and O–H groups in total. The van der Waals surface area contributed by atoms with Gasteiger partial charge in [0.15, 0.2) is 0 Å². The van der Waals surface area contributed by atoms with Crippen LogP contribution in [-0.4, -0.2) is 58.5 Å². The number of hydrogen-bond donors (Lipinski definition) is 1. The highest BCUT2D eigenvalue weighted by Crippen LogP contribution is 2.36. The van der Waals surface area contributed by atoms with Crippen LogP contribution in [0.1, 0.15) is 24.5 Å². The summed E-state index contributed by atoms with van der Waals surface area (Å²) in [4.78, 5) is 29.4. The van der Waals surface area contributed by atoms with E-state index in [4.69, 9.17) is 9.47 Å². The molecule has 0 heterocycles. The summed E-state index contributed by atoms with van der Waals surface area (Å²) in [6.07, 6.45) is 0.772. The number of anilines is 1. The fourth-order valence-corrected chi connectivity index (χ4v) is 6.39. The molecule has 4 aromatic carbocycles. The van der Waals surface area contributed by atoms with Crippen LogP contribution < -0.4 is 19.1 Å². The fourth-order valence-electron chi connectivity index (χ4n) is 4.95. The molecular weight excluding hydrogens is 609 g/mol. The van der Waals surface area contributed by atoms with Crippen LogP contribution in [0.25, 0.3) is 0 Å². The molecule has 11 heteroatoms. The number of sulfonamides is 1. The van der Waals surface area contributed by atoms with Crippen LogP contribution in [0.5, 0.6) is 11.5 Å². The number of nitrogens with one attached hydrogen (secondary N) is 1. The number of benzene rings is 4. The Labute approximate surface area is 269 Å². The third-order valence-electron chi connectivity index (χ3n) is 7.38. The molecule has 4 rings (SSSR count). The summed E-state index contributed by atoms with van der Waals surface area (Å²) in [5, 5.41) is 2.87. The van der Waals surface area contributed by atoms with E-state index in [1.165, 1.54) is 55.5 Å². The Morgan fingerprint density at radius 3 is 2.15 bits per heavy atom. The van der Waals surface area contributed by atoms with Crippen molar-refractivity contribution in [3.63, 3.8) is 0 Å². The van der Waals surface area contributed by atoms with Crippen molar-refractivity contribution in [3.8, 4) is 11.5 Å². The minimum absolute atomic E-state index is 0.0555. The molecule has 0 spiro atoms. The highest BCUT2D eigenvalue weighted by molar-refractivity contribution is 7.92. The average molecular weight is 648 g/mol. The number of carbonyl (C=O) groups excluding carboxylic acids is 2. The van der Waals surface area contributed by atoms with Crippen molar-refractivity contribution in [2.45, 2.75) is 37.2 Å². The van der Waals surface area contributed by atoms with Gasteiger partial charge in [0.1, 0.15) is 29.9 Å². The monoisotopic (exact) mass is 647 g/mol. The molecule has 0 aliphatic carbocycles. The Kier molecular flexibility index (Phi) is 11.7. The number of amides is 2. The molecule has 0 saturated carbocycles. The first-order chi connectivity index (χ1) is 22.2. The van der Waals surface area contributed by atoms with Crippen LogP contribution in [0.2, 0.25) is 0 Å². The van der Waals surface area contributed by atoms with Gasteiger partial charge < -0.3 is 19.7 Å². The first kappa shape index (κ1) is 34.0. The molecule has 0 fully saturated rings. The predicted molar refractivity (Wildman–Crippen MR) is 175 cm³/mol. The number of methoxy groups -OCH3 is 2. The largest absolute Gasteiger partial charge is 0.497 e. The van der Waals surface area contributed by atoms with Crippen molar-refractivity contribution in [2.75, 3.05) is 31.6 Å². The van der Waals surface area contributed by atoms with Crippen molar-refractivity contribution in [1.29, 1.82) is 0 Å². The van der Waals surface area contributed by atoms with Crippen molar-refractivity contribution in [2.24, 2.45) is 0 Å². The molecule has 0 unspecified atom stereocenters. The number of halogens is 1. The van der Waals surface area contributed by atoms with Crippen LogP contribution in [0, 0.1) is 5.82 Å². The summed E-state index contributed by atoms with van der Waals surface area (Å²) in [5.74, 6) is -1.21. The van der Waals surface area contributed by atoms with E-state index in [0.717, 1.165) is 9.87 Å². The number of carbonyl (C=O) groups is 2. The van der Waals surface area contributed by atoms with E-state index >= 15 is 4.39 Å². The lowest BCUT2D eigenvalue weighted by atomic mass is 10.0. The minimum atomic E-state index is -4.36. The predicted octanol–water partition coefficient (Wildman–Crippen LogP) is 5.20. The van der Waals surface area contributed by atoms with Gasteiger partial charge in [0.2, 0.25) is 11.8 Å². The first-order valence-electron chi connectivity index (χ1n) is 14.8. The molecule has 4 aromatic rings. The Balaban J connectivity index is 1.86. The van der Waals surface area contributed by atoms with Crippen molar-refractivity contribution < 1.29 is 31.9 Å².